The quantitative estimate of drug-likeness (QED) is 0.890. The standard InChI is InChI=1S/C14H19NO3/c1-16-10-6-7-12(17-2)11(9-10)14(15)13-5-3-4-8-18-13/h5-7,9,14H,3-4,8,15H2,1-2H3. The highest BCUT2D eigenvalue weighted by Crippen LogP contribution is 2.33. The van der Waals surface area contributed by atoms with Gasteiger partial charge in [-0.3, -0.25) is 0 Å². The third kappa shape index (κ3) is 2.59. The highest BCUT2D eigenvalue weighted by atomic mass is 16.5. The Morgan fingerprint density at radius 1 is 1.28 bits per heavy atom. The number of methoxy groups -OCH3 is 2. The van der Waals surface area contributed by atoms with Crippen molar-refractivity contribution in [1.82, 2.24) is 0 Å². The van der Waals surface area contributed by atoms with Gasteiger partial charge in [-0.2, -0.15) is 0 Å². The molecule has 1 aliphatic heterocycles. The lowest BCUT2D eigenvalue weighted by molar-refractivity contribution is 0.175. The Morgan fingerprint density at radius 2 is 2.11 bits per heavy atom. The van der Waals surface area contributed by atoms with Gasteiger partial charge in [-0.25, -0.2) is 0 Å². The predicted octanol–water partition coefficient (Wildman–Crippen LogP) is 2.40. The molecule has 0 saturated carbocycles. The zero-order chi connectivity index (χ0) is 13.0. The van der Waals surface area contributed by atoms with Crippen LogP contribution < -0.4 is 15.2 Å². The van der Waals surface area contributed by atoms with Crippen molar-refractivity contribution in [1.29, 1.82) is 0 Å². The van der Waals surface area contributed by atoms with Crippen LogP contribution in [0.5, 0.6) is 11.5 Å². The lowest BCUT2D eigenvalue weighted by atomic mass is 10.0. The van der Waals surface area contributed by atoms with E-state index >= 15 is 0 Å². The number of hydrogen-bond donors (Lipinski definition) is 1. The molecule has 0 amide bonds. The SMILES string of the molecule is COc1ccc(OC)c(C(N)C2=CCCCO2)c1. The van der Waals surface area contributed by atoms with Gasteiger partial charge in [-0.05, 0) is 37.1 Å². The van der Waals surface area contributed by atoms with Gasteiger partial charge >= 0.3 is 0 Å². The monoisotopic (exact) mass is 249 g/mol. The van der Waals surface area contributed by atoms with Gasteiger partial charge in [-0.1, -0.05) is 0 Å². The van der Waals surface area contributed by atoms with Crippen LogP contribution in [0, 0.1) is 0 Å². The van der Waals surface area contributed by atoms with Gasteiger partial charge < -0.3 is 19.9 Å². The van der Waals surface area contributed by atoms with Crippen molar-refractivity contribution in [3.05, 3.63) is 35.6 Å². The lowest BCUT2D eigenvalue weighted by Gasteiger charge is -2.22. The Labute approximate surface area is 107 Å². The van der Waals surface area contributed by atoms with E-state index in [1.165, 1.54) is 0 Å². The Morgan fingerprint density at radius 3 is 2.72 bits per heavy atom. The molecule has 2 rings (SSSR count). The fourth-order valence-corrected chi connectivity index (χ4v) is 2.03. The minimum Gasteiger partial charge on any atom is -0.497 e. The fourth-order valence-electron chi connectivity index (χ4n) is 2.03. The number of nitrogens with two attached hydrogens (primary N) is 1. The molecule has 4 nitrogen and oxygen atoms in total. The van der Waals surface area contributed by atoms with Gasteiger partial charge in [0.25, 0.3) is 0 Å². The van der Waals surface area contributed by atoms with Crippen LogP contribution in [0.15, 0.2) is 30.0 Å². The first-order valence-electron chi connectivity index (χ1n) is 6.06. The number of allylic oxidation sites excluding steroid dienone is 1. The third-order valence-electron chi connectivity index (χ3n) is 3.04. The van der Waals surface area contributed by atoms with Crippen LogP contribution in [0.25, 0.3) is 0 Å². The number of rotatable bonds is 4. The maximum absolute atomic E-state index is 6.24. The van der Waals surface area contributed by atoms with Crippen molar-refractivity contribution in [3.8, 4) is 11.5 Å². The Bertz CT molecular complexity index is 443. The van der Waals surface area contributed by atoms with Crippen LogP contribution >= 0.6 is 0 Å². The van der Waals surface area contributed by atoms with E-state index in [2.05, 4.69) is 0 Å². The highest BCUT2D eigenvalue weighted by molar-refractivity contribution is 5.44. The second-order valence-electron chi connectivity index (χ2n) is 4.18. The molecule has 0 radical (unpaired) electrons. The highest BCUT2D eigenvalue weighted by Gasteiger charge is 2.20. The molecule has 1 heterocycles. The van der Waals surface area contributed by atoms with E-state index in [0.29, 0.717) is 0 Å². The van der Waals surface area contributed by atoms with Crippen LogP contribution in [-0.4, -0.2) is 20.8 Å². The van der Waals surface area contributed by atoms with Crippen LogP contribution in [-0.2, 0) is 4.74 Å². The van der Waals surface area contributed by atoms with Crippen LogP contribution in [0.4, 0.5) is 0 Å². The Kier molecular flexibility index (Phi) is 4.10. The van der Waals surface area contributed by atoms with Gasteiger partial charge in [0, 0.05) is 5.56 Å². The second kappa shape index (κ2) is 5.78. The number of hydrogen-bond acceptors (Lipinski definition) is 4. The van der Waals surface area contributed by atoms with E-state index in [1.807, 2.05) is 24.3 Å². The minimum absolute atomic E-state index is 0.310. The molecular weight excluding hydrogens is 230 g/mol. The van der Waals surface area contributed by atoms with E-state index in [1.54, 1.807) is 14.2 Å². The van der Waals surface area contributed by atoms with Crippen molar-refractivity contribution in [2.24, 2.45) is 5.73 Å². The first-order chi connectivity index (χ1) is 8.76. The normalized spacial score (nSPS) is 16.5. The van der Waals surface area contributed by atoms with Gasteiger partial charge in [0.05, 0.1) is 26.9 Å². The summed E-state index contributed by atoms with van der Waals surface area (Å²) in [5.41, 5.74) is 7.12. The fraction of sp³-hybridized carbons (Fsp3) is 0.429. The zero-order valence-electron chi connectivity index (χ0n) is 10.8. The van der Waals surface area contributed by atoms with Crippen molar-refractivity contribution < 1.29 is 14.2 Å². The summed E-state index contributed by atoms with van der Waals surface area (Å²) in [7, 11) is 3.27. The molecule has 0 aliphatic carbocycles. The molecule has 18 heavy (non-hydrogen) atoms. The molecule has 1 aromatic rings. The number of ether oxygens (including phenoxy) is 3. The molecule has 0 aromatic heterocycles. The first kappa shape index (κ1) is 12.8. The van der Waals surface area contributed by atoms with Crippen molar-refractivity contribution >= 4 is 0 Å². The summed E-state index contributed by atoms with van der Waals surface area (Å²) in [4.78, 5) is 0. The smallest absolute Gasteiger partial charge is 0.124 e. The van der Waals surface area contributed by atoms with Crippen LogP contribution in [0.3, 0.4) is 0 Å². The molecule has 0 fully saturated rings. The Balaban J connectivity index is 2.32. The summed E-state index contributed by atoms with van der Waals surface area (Å²) in [6, 6.07) is 5.29. The van der Waals surface area contributed by atoms with Gasteiger partial charge in [0.15, 0.2) is 0 Å². The van der Waals surface area contributed by atoms with E-state index in [-0.39, 0.29) is 6.04 Å². The molecule has 1 aliphatic rings. The number of benzene rings is 1. The Hall–Kier alpha value is -1.68. The average Bonchev–Trinajstić information content (AvgIpc) is 2.46. The third-order valence-corrected chi connectivity index (χ3v) is 3.04. The van der Waals surface area contributed by atoms with Crippen molar-refractivity contribution in [3.63, 3.8) is 0 Å². The predicted molar refractivity (Wildman–Crippen MR) is 69.7 cm³/mol. The largest absolute Gasteiger partial charge is 0.497 e. The van der Waals surface area contributed by atoms with E-state index in [4.69, 9.17) is 19.9 Å². The molecule has 0 spiro atoms. The summed E-state index contributed by atoms with van der Waals surface area (Å²) in [6.45, 7) is 0.728. The van der Waals surface area contributed by atoms with Crippen molar-refractivity contribution in [2.75, 3.05) is 20.8 Å². The van der Waals surface area contributed by atoms with Gasteiger partial charge in [0.1, 0.15) is 17.3 Å². The van der Waals surface area contributed by atoms with Gasteiger partial charge in [0.2, 0.25) is 0 Å². The minimum atomic E-state index is -0.310. The first-order valence-corrected chi connectivity index (χ1v) is 6.06. The maximum atomic E-state index is 6.24. The summed E-state index contributed by atoms with van der Waals surface area (Å²) in [5.74, 6) is 2.32. The molecular formula is C14H19NO3. The summed E-state index contributed by atoms with van der Waals surface area (Å²) in [6.07, 6.45) is 4.11. The molecule has 4 heteroatoms. The summed E-state index contributed by atoms with van der Waals surface area (Å²) >= 11 is 0. The zero-order valence-corrected chi connectivity index (χ0v) is 10.8. The summed E-state index contributed by atoms with van der Waals surface area (Å²) in [5, 5.41) is 0. The van der Waals surface area contributed by atoms with E-state index in [0.717, 1.165) is 42.3 Å². The second-order valence-corrected chi connectivity index (χ2v) is 4.18. The average molecular weight is 249 g/mol. The topological polar surface area (TPSA) is 53.7 Å². The molecule has 1 unspecified atom stereocenters. The molecule has 0 saturated heterocycles. The van der Waals surface area contributed by atoms with Gasteiger partial charge in [-0.15, -0.1) is 0 Å². The maximum Gasteiger partial charge on any atom is 0.124 e. The van der Waals surface area contributed by atoms with E-state index in [9.17, 15) is 0 Å². The van der Waals surface area contributed by atoms with E-state index < -0.39 is 0 Å². The van der Waals surface area contributed by atoms with Crippen LogP contribution in [0.1, 0.15) is 24.4 Å². The van der Waals surface area contributed by atoms with Crippen LogP contribution in [0.2, 0.25) is 0 Å². The molecule has 1 atom stereocenters. The molecule has 1 aromatic carbocycles. The van der Waals surface area contributed by atoms with Crippen molar-refractivity contribution in [2.45, 2.75) is 18.9 Å². The summed E-state index contributed by atoms with van der Waals surface area (Å²) < 4.78 is 16.2. The molecule has 0 bridgehead atoms. The lowest BCUT2D eigenvalue weighted by Crippen LogP contribution is -2.18. The molecule has 98 valence electrons. The molecule has 2 N–H and O–H groups in total.